The summed E-state index contributed by atoms with van der Waals surface area (Å²) in [5.41, 5.74) is 2.29. The number of carbonyl (C=O) groups excluding carboxylic acids is 1. The maximum Gasteiger partial charge on any atom is 0.326 e. The first-order valence-corrected chi connectivity index (χ1v) is 9.21. The van der Waals surface area contributed by atoms with Crippen molar-refractivity contribution in [2.24, 2.45) is 5.92 Å². The van der Waals surface area contributed by atoms with Gasteiger partial charge in [-0.1, -0.05) is 32.1 Å². The van der Waals surface area contributed by atoms with Gasteiger partial charge in [0.1, 0.15) is 11.8 Å². The molecular formula is C20H29NO4S. The molecule has 144 valence electrons. The van der Waals surface area contributed by atoms with Gasteiger partial charge >= 0.3 is 5.97 Å². The molecule has 0 heterocycles. The van der Waals surface area contributed by atoms with E-state index in [0.29, 0.717) is 25.7 Å². The van der Waals surface area contributed by atoms with Crippen LogP contribution < -0.4 is 4.74 Å². The third-order valence-corrected chi connectivity index (χ3v) is 4.83. The Morgan fingerprint density at radius 3 is 2.42 bits per heavy atom. The molecule has 1 atom stereocenters. The molecule has 0 unspecified atom stereocenters. The molecule has 5 nitrogen and oxygen atoms in total. The number of carbonyl (C=O) groups is 2. The SMILES string of the molecule is COc1ccc(CC(=S)CCCC(=O)N(C)[C@H](C(=O)O)C(C)C)c(C)c1. The number of hydrogen-bond acceptors (Lipinski definition) is 4. The summed E-state index contributed by atoms with van der Waals surface area (Å²) in [7, 11) is 3.20. The maximum atomic E-state index is 12.3. The first-order valence-electron chi connectivity index (χ1n) is 8.81. The molecule has 0 aliphatic carbocycles. The quantitative estimate of drug-likeness (QED) is 0.629. The van der Waals surface area contributed by atoms with Crippen molar-refractivity contribution < 1.29 is 19.4 Å². The first-order chi connectivity index (χ1) is 12.2. The van der Waals surface area contributed by atoms with E-state index in [-0.39, 0.29) is 11.8 Å². The maximum absolute atomic E-state index is 12.3. The number of ether oxygens (including phenoxy) is 1. The highest BCUT2D eigenvalue weighted by Gasteiger charge is 2.28. The largest absolute Gasteiger partial charge is 0.497 e. The van der Waals surface area contributed by atoms with Gasteiger partial charge in [0.15, 0.2) is 0 Å². The minimum Gasteiger partial charge on any atom is -0.497 e. The Bertz CT molecular complexity index is 657. The standard InChI is InChI=1S/C20H29NO4S/c1-13(2)19(20(23)24)21(4)18(22)8-6-7-17(26)12-15-9-10-16(25-5)11-14(15)3/h9-11,13,19H,6-8,12H2,1-5H3,(H,23,24)/t19-/m0/s1. The van der Waals surface area contributed by atoms with E-state index < -0.39 is 12.0 Å². The van der Waals surface area contributed by atoms with Gasteiger partial charge in [0.2, 0.25) is 5.91 Å². The van der Waals surface area contributed by atoms with Gasteiger partial charge < -0.3 is 14.7 Å². The van der Waals surface area contributed by atoms with E-state index >= 15 is 0 Å². The van der Waals surface area contributed by atoms with Crippen LogP contribution in [0.2, 0.25) is 0 Å². The zero-order chi connectivity index (χ0) is 19.9. The van der Waals surface area contributed by atoms with Crippen LogP contribution in [0, 0.1) is 12.8 Å². The highest BCUT2D eigenvalue weighted by atomic mass is 32.1. The second-order valence-electron chi connectivity index (χ2n) is 6.89. The average molecular weight is 380 g/mol. The predicted molar refractivity (Wildman–Crippen MR) is 107 cm³/mol. The summed E-state index contributed by atoms with van der Waals surface area (Å²) in [6, 6.07) is 5.12. The van der Waals surface area contributed by atoms with Crippen molar-refractivity contribution in [2.45, 2.75) is 52.5 Å². The lowest BCUT2D eigenvalue weighted by Crippen LogP contribution is -2.45. The summed E-state index contributed by atoms with van der Waals surface area (Å²) >= 11 is 5.46. The summed E-state index contributed by atoms with van der Waals surface area (Å²) in [6.45, 7) is 5.63. The van der Waals surface area contributed by atoms with E-state index in [1.807, 2.05) is 25.1 Å². The van der Waals surface area contributed by atoms with Crippen LogP contribution in [-0.2, 0) is 16.0 Å². The fourth-order valence-corrected chi connectivity index (χ4v) is 3.26. The summed E-state index contributed by atoms with van der Waals surface area (Å²) in [5.74, 6) is -0.444. The van der Waals surface area contributed by atoms with E-state index in [2.05, 4.69) is 0 Å². The lowest BCUT2D eigenvalue weighted by Gasteiger charge is -2.27. The molecule has 1 aromatic rings. The fourth-order valence-electron chi connectivity index (χ4n) is 2.96. The highest BCUT2D eigenvalue weighted by molar-refractivity contribution is 7.80. The number of benzene rings is 1. The Kier molecular flexibility index (Phi) is 8.72. The second kappa shape index (κ2) is 10.3. The molecule has 1 aromatic carbocycles. The summed E-state index contributed by atoms with van der Waals surface area (Å²) in [5, 5.41) is 9.28. The number of amides is 1. The summed E-state index contributed by atoms with van der Waals surface area (Å²) < 4.78 is 5.20. The number of carboxylic acid groups (broad SMARTS) is 1. The number of methoxy groups -OCH3 is 1. The third-order valence-electron chi connectivity index (χ3n) is 4.48. The van der Waals surface area contributed by atoms with Gasteiger partial charge in [-0.25, -0.2) is 4.79 Å². The summed E-state index contributed by atoms with van der Waals surface area (Å²) in [4.78, 5) is 25.8. The Hall–Kier alpha value is -1.95. The minimum atomic E-state index is -0.971. The van der Waals surface area contributed by atoms with Gasteiger partial charge in [-0.2, -0.15) is 0 Å². The van der Waals surface area contributed by atoms with Crippen LogP contribution in [0.15, 0.2) is 18.2 Å². The topological polar surface area (TPSA) is 66.8 Å². The van der Waals surface area contributed by atoms with Crippen LogP contribution in [0.5, 0.6) is 5.75 Å². The van der Waals surface area contributed by atoms with E-state index in [1.54, 1.807) is 28.0 Å². The number of rotatable bonds is 10. The normalized spacial score (nSPS) is 11.9. The molecule has 6 heteroatoms. The van der Waals surface area contributed by atoms with Crippen molar-refractivity contribution in [3.8, 4) is 5.75 Å². The van der Waals surface area contributed by atoms with Crippen LogP contribution >= 0.6 is 12.2 Å². The van der Waals surface area contributed by atoms with Crippen molar-refractivity contribution >= 4 is 29.0 Å². The molecule has 0 bridgehead atoms. The predicted octanol–water partition coefficient (Wildman–Crippen LogP) is 3.65. The third kappa shape index (κ3) is 6.41. The zero-order valence-electron chi connectivity index (χ0n) is 16.2. The van der Waals surface area contributed by atoms with Crippen LogP contribution in [0.3, 0.4) is 0 Å². The molecule has 0 saturated heterocycles. The monoisotopic (exact) mass is 379 g/mol. The molecule has 1 rings (SSSR count). The van der Waals surface area contributed by atoms with Gasteiger partial charge in [0.25, 0.3) is 0 Å². The van der Waals surface area contributed by atoms with E-state index in [0.717, 1.165) is 21.7 Å². The Balaban J connectivity index is 2.50. The van der Waals surface area contributed by atoms with Crippen LogP contribution in [0.1, 0.15) is 44.2 Å². The number of nitrogens with zero attached hydrogens (tertiary/aromatic N) is 1. The number of aryl methyl sites for hydroxylation is 1. The van der Waals surface area contributed by atoms with Gasteiger partial charge in [-0.15, -0.1) is 0 Å². The molecular weight excluding hydrogens is 350 g/mol. The van der Waals surface area contributed by atoms with Gasteiger partial charge in [0, 0.05) is 19.9 Å². The molecule has 0 fully saturated rings. The lowest BCUT2D eigenvalue weighted by atomic mass is 10.0. The van der Waals surface area contributed by atoms with Gasteiger partial charge in [0.05, 0.1) is 7.11 Å². The molecule has 0 aliphatic heterocycles. The number of thiocarbonyl (C=S) groups is 1. The number of likely N-dealkylation sites (N-methyl/N-ethyl adjacent to an activating group) is 1. The number of hydrogen-bond donors (Lipinski definition) is 1. The summed E-state index contributed by atoms with van der Waals surface area (Å²) in [6.07, 6.45) is 2.29. The first kappa shape index (κ1) is 22.1. The molecule has 1 N–H and O–H groups in total. The zero-order valence-corrected chi connectivity index (χ0v) is 17.1. The van der Waals surface area contributed by atoms with Crippen LogP contribution in [0.25, 0.3) is 0 Å². The number of aliphatic carboxylic acids is 1. The van der Waals surface area contributed by atoms with Crippen molar-refractivity contribution in [2.75, 3.05) is 14.2 Å². The van der Waals surface area contributed by atoms with E-state index in [9.17, 15) is 14.7 Å². The molecule has 1 amide bonds. The lowest BCUT2D eigenvalue weighted by molar-refractivity contribution is -0.151. The van der Waals surface area contributed by atoms with E-state index in [1.165, 1.54) is 4.90 Å². The number of carboxylic acids is 1. The average Bonchev–Trinajstić information content (AvgIpc) is 2.55. The highest BCUT2D eigenvalue weighted by Crippen LogP contribution is 2.19. The van der Waals surface area contributed by atoms with E-state index in [4.69, 9.17) is 17.0 Å². The second-order valence-corrected chi connectivity index (χ2v) is 7.47. The van der Waals surface area contributed by atoms with Crippen molar-refractivity contribution in [3.05, 3.63) is 29.3 Å². The smallest absolute Gasteiger partial charge is 0.326 e. The minimum absolute atomic E-state index is 0.138. The fraction of sp³-hybridized carbons (Fsp3) is 0.550. The Morgan fingerprint density at radius 2 is 1.92 bits per heavy atom. The van der Waals surface area contributed by atoms with Crippen LogP contribution in [-0.4, -0.2) is 46.9 Å². The van der Waals surface area contributed by atoms with Gasteiger partial charge in [-0.3, -0.25) is 4.79 Å². The molecule has 0 radical (unpaired) electrons. The molecule has 26 heavy (non-hydrogen) atoms. The van der Waals surface area contributed by atoms with Crippen molar-refractivity contribution in [3.63, 3.8) is 0 Å². The molecule has 0 aromatic heterocycles. The van der Waals surface area contributed by atoms with Crippen molar-refractivity contribution in [1.29, 1.82) is 0 Å². The van der Waals surface area contributed by atoms with Crippen LogP contribution in [0.4, 0.5) is 0 Å². The Morgan fingerprint density at radius 1 is 1.27 bits per heavy atom. The van der Waals surface area contributed by atoms with Gasteiger partial charge in [-0.05, 0) is 53.8 Å². The molecule has 0 saturated carbocycles. The molecule has 0 spiro atoms. The molecule has 0 aliphatic rings. The Labute approximate surface area is 161 Å². The van der Waals surface area contributed by atoms with Crippen molar-refractivity contribution in [1.82, 2.24) is 4.90 Å².